The molecule has 35 heavy (non-hydrogen) atoms. The quantitative estimate of drug-likeness (QED) is 0.444. The minimum Gasteiger partial charge on any atom is -0.367 e. The molecule has 0 N–H and O–H groups in total. The van der Waals surface area contributed by atoms with Crippen molar-refractivity contribution >= 4 is 16.9 Å². The van der Waals surface area contributed by atoms with E-state index in [-0.39, 0.29) is 34.9 Å². The van der Waals surface area contributed by atoms with Crippen molar-refractivity contribution in [1.29, 1.82) is 0 Å². The largest absolute Gasteiger partial charge is 0.367 e. The van der Waals surface area contributed by atoms with Gasteiger partial charge in [-0.15, -0.1) is 0 Å². The molecule has 4 heterocycles. The fraction of sp³-hybridized carbons (Fsp3) is 0.375. The molecule has 0 spiro atoms. The summed E-state index contributed by atoms with van der Waals surface area (Å²) in [5.41, 5.74) is 0.893. The Morgan fingerprint density at radius 2 is 1.91 bits per heavy atom. The van der Waals surface area contributed by atoms with Crippen LogP contribution in [0.25, 0.3) is 22.2 Å². The highest BCUT2D eigenvalue weighted by molar-refractivity contribution is 5.92. The first-order chi connectivity index (χ1) is 16.9. The molecule has 0 bridgehead atoms. The maximum Gasteiger partial charge on any atom is 0.293 e. The van der Waals surface area contributed by atoms with Crippen molar-refractivity contribution in [3.05, 3.63) is 64.3 Å². The number of aryl methyl sites for hydroxylation is 1. The molecule has 180 valence electrons. The normalized spacial score (nSPS) is 20.5. The molecule has 9 nitrogen and oxygen atoms in total. The predicted octanol–water partition coefficient (Wildman–Crippen LogP) is 3.17. The van der Waals surface area contributed by atoms with Crippen LogP contribution in [0.5, 0.6) is 0 Å². The van der Waals surface area contributed by atoms with Crippen molar-refractivity contribution in [3.8, 4) is 11.3 Å². The van der Waals surface area contributed by atoms with Gasteiger partial charge in [-0.25, -0.2) is 23.4 Å². The number of halogens is 2. The summed E-state index contributed by atoms with van der Waals surface area (Å²) in [4.78, 5) is 24.1. The number of fused-ring (bicyclic) bond motifs is 1. The maximum atomic E-state index is 14.8. The second kappa shape index (κ2) is 8.19. The molecule has 1 saturated heterocycles. The topological polar surface area (TPSA) is 91.0 Å². The van der Waals surface area contributed by atoms with Gasteiger partial charge in [0.15, 0.2) is 0 Å². The summed E-state index contributed by atoms with van der Waals surface area (Å²) in [6.45, 7) is 2.87. The van der Waals surface area contributed by atoms with E-state index in [2.05, 4.69) is 20.2 Å². The van der Waals surface area contributed by atoms with Crippen molar-refractivity contribution in [2.75, 3.05) is 18.0 Å². The van der Waals surface area contributed by atoms with Crippen LogP contribution in [0.15, 0.2) is 41.6 Å². The van der Waals surface area contributed by atoms with Gasteiger partial charge in [-0.2, -0.15) is 10.2 Å². The average molecular weight is 479 g/mol. The van der Waals surface area contributed by atoms with Crippen LogP contribution >= 0.6 is 0 Å². The number of ether oxygens (including phenoxy) is 1. The molecule has 2 aliphatic rings. The molecule has 2 fully saturated rings. The summed E-state index contributed by atoms with van der Waals surface area (Å²) in [6.07, 6.45) is 7.11. The smallest absolute Gasteiger partial charge is 0.293 e. The average Bonchev–Trinajstić information content (AvgIpc) is 3.57. The van der Waals surface area contributed by atoms with E-state index >= 15 is 0 Å². The van der Waals surface area contributed by atoms with Gasteiger partial charge in [0.2, 0.25) is 5.95 Å². The third kappa shape index (κ3) is 3.95. The van der Waals surface area contributed by atoms with E-state index in [0.29, 0.717) is 24.5 Å². The second-order valence-electron chi connectivity index (χ2n) is 9.16. The number of anilines is 1. The standard InChI is InChI=1S/C24H23F2N7O2/c1-13-10-32(12-20(35-13)14-8-28-33(11-14)16-4-5-16)24-29-21(17-6-3-15(25)7-19(17)26)18-9-27-31(2)23(34)22(18)30-24/h3,6-9,11,13,16,20H,4-5,10,12H2,1-2H3/t13-,20+/m0/s1. The van der Waals surface area contributed by atoms with Gasteiger partial charge >= 0.3 is 0 Å². The Morgan fingerprint density at radius 1 is 1.09 bits per heavy atom. The van der Waals surface area contributed by atoms with Gasteiger partial charge in [-0.1, -0.05) is 0 Å². The lowest BCUT2D eigenvalue weighted by Crippen LogP contribution is -2.43. The van der Waals surface area contributed by atoms with Gasteiger partial charge in [0.05, 0.1) is 42.2 Å². The predicted molar refractivity (Wildman–Crippen MR) is 124 cm³/mol. The minimum absolute atomic E-state index is 0.0682. The van der Waals surface area contributed by atoms with E-state index < -0.39 is 17.2 Å². The first-order valence-electron chi connectivity index (χ1n) is 11.5. The van der Waals surface area contributed by atoms with E-state index in [1.807, 2.05) is 28.9 Å². The molecule has 0 unspecified atom stereocenters. The molecule has 2 atom stereocenters. The van der Waals surface area contributed by atoms with Gasteiger partial charge in [0.25, 0.3) is 5.56 Å². The third-order valence-corrected chi connectivity index (χ3v) is 6.43. The first kappa shape index (κ1) is 21.8. The van der Waals surface area contributed by atoms with Crippen molar-refractivity contribution in [2.24, 2.45) is 7.05 Å². The Bertz CT molecular complexity index is 1500. The molecule has 6 rings (SSSR count). The second-order valence-corrected chi connectivity index (χ2v) is 9.16. The third-order valence-electron chi connectivity index (χ3n) is 6.43. The van der Waals surface area contributed by atoms with Gasteiger partial charge in [0.1, 0.15) is 23.3 Å². The van der Waals surface area contributed by atoms with Crippen molar-refractivity contribution < 1.29 is 13.5 Å². The molecule has 0 radical (unpaired) electrons. The van der Waals surface area contributed by atoms with Crippen molar-refractivity contribution in [3.63, 3.8) is 0 Å². The molecule has 11 heteroatoms. The molecule has 3 aromatic heterocycles. The first-order valence-corrected chi connectivity index (χ1v) is 11.5. The van der Waals surface area contributed by atoms with Crippen LogP contribution in [-0.2, 0) is 11.8 Å². The highest BCUT2D eigenvalue weighted by Crippen LogP contribution is 2.36. The van der Waals surface area contributed by atoms with Crippen LogP contribution < -0.4 is 10.5 Å². The zero-order valence-corrected chi connectivity index (χ0v) is 19.2. The van der Waals surface area contributed by atoms with E-state index in [1.165, 1.54) is 24.0 Å². The summed E-state index contributed by atoms with van der Waals surface area (Å²) < 4.78 is 37.7. The summed E-state index contributed by atoms with van der Waals surface area (Å²) in [5, 5.41) is 8.82. The summed E-state index contributed by atoms with van der Waals surface area (Å²) >= 11 is 0. The van der Waals surface area contributed by atoms with E-state index in [4.69, 9.17) is 4.74 Å². The van der Waals surface area contributed by atoms with Crippen molar-refractivity contribution in [1.82, 2.24) is 29.5 Å². The van der Waals surface area contributed by atoms with Gasteiger partial charge in [0, 0.05) is 37.0 Å². The lowest BCUT2D eigenvalue weighted by Gasteiger charge is -2.36. The molecule has 1 saturated carbocycles. The van der Waals surface area contributed by atoms with Gasteiger partial charge < -0.3 is 9.64 Å². The van der Waals surface area contributed by atoms with Gasteiger partial charge in [-0.3, -0.25) is 9.48 Å². The Hall–Kier alpha value is -3.73. The Kier molecular flexibility index (Phi) is 5.10. The zero-order valence-electron chi connectivity index (χ0n) is 19.2. The summed E-state index contributed by atoms with van der Waals surface area (Å²) in [5.74, 6) is -1.21. The molecular weight excluding hydrogens is 456 g/mol. The molecular formula is C24H23F2N7O2. The highest BCUT2D eigenvalue weighted by atomic mass is 19.1. The fourth-order valence-corrected chi connectivity index (χ4v) is 4.48. The van der Waals surface area contributed by atoms with Crippen molar-refractivity contribution in [2.45, 2.75) is 38.0 Å². The van der Waals surface area contributed by atoms with Crippen LogP contribution in [0.2, 0.25) is 0 Å². The summed E-state index contributed by atoms with van der Waals surface area (Å²) in [7, 11) is 1.52. The lowest BCUT2D eigenvalue weighted by atomic mass is 10.1. The monoisotopic (exact) mass is 479 g/mol. The van der Waals surface area contributed by atoms with Crippen LogP contribution in [0.4, 0.5) is 14.7 Å². The maximum absolute atomic E-state index is 14.8. The number of benzene rings is 1. The Balaban J connectivity index is 1.45. The molecule has 0 amide bonds. The van der Waals surface area contributed by atoms with E-state index in [9.17, 15) is 13.6 Å². The zero-order chi connectivity index (χ0) is 24.3. The number of hydrogen-bond donors (Lipinski definition) is 0. The molecule has 1 aromatic carbocycles. The highest BCUT2D eigenvalue weighted by Gasteiger charge is 2.31. The van der Waals surface area contributed by atoms with Gasteiger partial charge in [-0.05, 0) is 31.9 Å². The molecule has 1 aliphatic carbocycles. The Labute approximate surface area is 199 Å². The minimum atomic E-state index is -0.780. The number of nitrogens with zero attached hydrogens (tertiary/aromatic N) is 7. The lowest BCUT2D eigenvalue weighted by molar-refractivity contribution is -0.0178. The number of morpholine rings is 1. The van der Waals surface area contributed by atoms with Crippen LogP contribution in [0.3, 0.4) is 0 Å². The summed E-state index contributed by atoms with van der Waals surface area (Å²) in [6, 6.07) is 3.72. The molecule has 4 aromatic rings. The molecule has 1 aliphatic heterocycles. The Morgan fingerprint density at radius 3 is 2.69 bits per heavy atom. The number of rotatable bonds is 4. The van der Waals surface area contributed by atoms with E-state index in [1.54, 1.807) is 0 Å². The SMILES string of the molecule is C[C@H]1CN(c2nc(-c3ccc(F)cc3F)c3cnn(C)c(=O)c3n2)C[C@H](c2cnn(C3CC3)c2)O1. The fourth-order valence-electron chi connectivity index (χ4n) is 4.48. The number of hydrogen-bond acceptors (Lipinski definition) is 7. The van der Waals surface area contributed by atoms with Crippen LogP contribution in [0, 0.1) is 11.6 Å². The van der Waals surface area contributed by atoms with Crippen LogP contribution in [-0.4, -0.2) is 48.7 Å². The van der Waals surface area contributed by atoms with Crippen LogP contribution in [0.1, 0.15) is 37.5 Å². The number of aromatic nitrogens is 6. The van der Waals surface area contributed by atoms with E-state index in [0.717, 1.165) is 30.5 Å².